The second-order valence-corrected chi connectivity index (χ2v) is 6.66. The molecule has 0 aromatic heterocycles. The number of carbonyl (C=O) groups is 2. The van der Waals surface area contributed by atoms with Crippen molar-refractivity contribution in [3.05, 3.63) is 35.9 Å². The van der Waals surface area contributed by atoms with Crippen LogP contribution in [0.2, 0.25) is 0 Å². The summed E-state index contributed by atoms with van der Waals surface area (Å²) in [7, 11) is 0. The molecule has 1 heterocycles. The molecular formula is C18H24N2O3. The Labute approximate surface area is 136 Å². The smallest absolute Gasteiger partial charge is 0.317 e. The zero-order valence-corrected chi connectivity index (χ0v) is 13.3. The summed E-state index contributed by atoms with van der Waals surface area (Å²) in [5.74, 6) is -0.127. The monoisotopic (exact) mass is 316 g/mol. The quantitative estimate of drug-likeness (QED) is 0.812. The number of hydrogen-bond acceptors (Lipinski definition) is 2. The number of urea groups is 1. The van der Waals surface area contributed by atoms with Crippen LogP contribution in [0.3, 0.4) is 0 Å². The molecule has 5 nitrogen and oxygen atoms in total. The van der Waals surface area contributed by atoms with E-state index < -0.39 is 5.97 Å². The van der Waals surface area contributed by atoms with E-state index in [0.717, 1.165) is 18.5 Å². The third-order valence-corrected chi connectivity index (χ3v) is 4.85. The fourth-order valence-electron chi connectivity index (χ4n) is 3.31. The summed E-state index contributed by atoms with van der Waals surface area (Å²) < 4.78 is 0. The van der Waals surface area contributed by atoms with Gasteiger partial charge in [-0.2, -0.15) is 0 Å². The number of carboxylic acids is 1. The van der Waals surface area contributed by atoms with Gasteiger partial charge in [-0.25, -0.2) is 4.79 Å². The number of carbonyl (C=O) groups excluding carboxylic acids is 1. The lowest BCUT2D eigenvalue weighted by Crippen LogP contribution is -2.57. The largest absolute Gasteiger partial charge is 0.481 e. The maximum Gasteiger partial charge on any atom is 0.317 e. The standard InChI is InChI=1S/C18H24N2O3/c21-17(22)9-8-15(12-13-4-2-1-3-5-13)19-18(23)20-11-10-16(20)14-6-7-14/h1-5,14-16H,6-12H2,(H,19,23)(H,21,22). The Morgan fingerprint density at radius 3 is 2.52 bits per heavy atom. The number of carboxylic acid groups (broad SMARTS) is 1. The average Bonchev–Trinajstić information content (AvgIpc) is 3.29. The Balaban J connectivity index is 1.58. The predicted octanol–water partition coefficient (Wildman–Crippen LogP) is 2.66. The van der Waals surface area contributed by atoms with Gasteiger partial charge in [0, 0.05) is 25.0 Å². The SMILES string of the molecule is O=C(O)CCC(Cc1ccccc1)NC(=O)N1CCC1C1CC1. The fourth-order valence-corrected chi connectivity index (χ4v) is 3.31. The summed E-state index contributed by atoms with van der Waals surface area (Å²) in [5.41, 5.74) is 1.12. The zero-order valence-electron chi connectivity index (χ0n) is 13.3. The number of rotatable bonds is 7. The summed E-state index contributed by atoms with van der Waals surface area (Å²) in [6.07, 6.45) is 4.78. The molecule has 0 spiro atoms. The van der Waals surface area contributed by atoms with E-state index in [2.05, 4.69) is 5.32 Å². The lowest BCUT2D eigenvalue weighted by Gasteiger charge is -2.42. The lowest BCUT2D eigenvalue weighted by atomic mass is 9.98. The van der Waals surface area contributed by atoms with Gasteiger partial charge < -0.3 is 15.3 Å². The van der Waals surface area contributed by atoms with Crippen molar-refractivity contribution in [1.29, 1.82) is 0 Å². The first-order valence-corrected chi connectivity index (χ1v) is 8.46. The van der Waals surface area contributed by atoms with Crippen LogP contribution in [0.4, 0.5) is 4.79 Å². The van der Waals surface area contributed by atoms with Gasteiger partial charge in [-0.15, -0.1) is 0 Å². The van der Waals surface area contributed by atoms with E-state index in [1.807, 2.05) is 35.2 Å². The molecule has 1 saturated carbocycles. The number of nitrogens with zero attached hydrogens (tertiary/aromatic N) is 1. The Hall–Kier alpha value is -2.04. The van der Waals surface area contributed by atoms with E-state index >= 15 is 0 Å². The minimum atomic E-state index is -0.822. The molecule has 0 radical (unpaired) electrons. The molecular weight excluding hydrogens is 292 g/mol. The maximum atomic E-state index is 12.5. The average molecular weight is 316 g/mol. The van der Waals surface area contributed by atoms with Crippen LogP contribution in [0, 0.1) is 5.92 Å². The van der Waals surface area contributed by atoms with Gasteiger partial charge in [0.05, 0.1) is 0 Å². The van der Waals surface area contributed by atoms with E-state index in [9.17, 15) is 9.59 Å². The van der Waals surface area contributed by atoms with Gasteiger partial charge in [0.25, 0.3) is 0 Å². The van der Waals surface area contributed by atoms with Crippen molar-refractivity contribution in [2.75, 3.05) is 6.54 Å². The first-order valence-electron chi connectivity index (χ1n) is 8.46. The molecule has 2 N–H and O–H groups in total. The van der Waals surface area contributed by atoms with Gasteiger partial charge in [0.1, 0.15) is 0 Å². The van der Waals surface area contributed by atoms with Crippen molar-refractivity contribution < 1.29 is 14.7 Å². The van der Waals surface area contributed by atoms with E-state index in [0.29, 0.717) is 24.8 Å². The third-order valence-electron chi connectivity index (χ3n) is 4.85. The summed E-state index contributed by atoms with van der Waals surface area (Å²) in [6, 6.07) is 10.1. The number of nitrogens with one attached hydrogen (secondary N) is 1. The number of likely N-dealkylation sites (tertiary alicyclic amines) is 1. The maximum absolute atomic E-state index is 12.5. The predicted molar refractivity (Wildman–Crippen MR) is 87.2 cm³/mol. The summed E-state index contributed by atoms with van der Waals surface area (Å²) in [6.45, 7) is 0.823. The van der Waals surface area contributed by atoms with Gasteiger partial charge in [-0.3, -0.25) is 4.79 Å². The molecule has 3 rings (SSSR count). The van der Waals surface area contributed by atoms with Crippen LogP contribution >= 0.6 is 0 Å². The molecule has 2 atom stereocenters. The van der Waals surface area contributed by atoms with E-state index in [-0.39, 0.29) is 18.5 Å². The van der Waals surface area contributed by atoms with Crippen molar-refractivity contribution in [1.82, 2.24) is 10.2 Å². The van der Waals surface area contributed by atoms with Crippen molar-refractivity contribution in [3.8, 4) is 0 Å². The van der Waals surface area contributed by atoms with E-state index in [1.165, 1.54) is 12.8 Å². The van der Waals surface area contributed by atoms with E-state index in [1.54, 1.807) is 0 Å². The van der Waals surface area contributed by atoms with Gasteiger partial charge >= 0.3 is 12.0 Å². The molecule has 2 fully saturated rings. The van der Waals surface area contributed by atoms with Gasteiger partial charge in [0.2, 0.25) is 0 Å². The molecule has 2 amide bonds. The molecule has 1 aromatic carbocycles. The topological polar surface area (TPSA) is 69.6 Å². The molecule has 0 bridgehead atoms. The number of aliphatic carboxylic acids is 1. The van der Waals surface area contributed by atoms with Crippen LogP contribution in [0.15, 0.2) is 30.3 Å². The molecule has 5 heteroatoms. The van der Waals surface area contributed by atoms with Crippen LogP contribution < -0.4 is 5.32 Å². The van der Waals surface area contributed by atoms with Crippen LogP contribution in [0.1, 0.15) is 37.7 Å². The number of hydrogen-bond donors (Lipinski definition) is 2. The molecule has 1 aliphatic carbocycles. The highest BCUT2D eigenvalue weighted by atomic mass is 16.4. The first kappa shape index (κ1) is 15.8. The van der Waals surface area contributed by atoms with Crippen LogP contribution in [0.5, 0.6) is 0 Å². The summed E-state index contributed by atoms with van der Waals surface area (Å²) in [5, 5.41) is 12.0. The highest BCUT2D eigenvalue weighted by Crippen LogP contribution is 2.40. The van der Waals surface area contributed by atoms with Crippen molar-refractivity contribution in [2.45, 2.75) is 50.6 Å². The minimum Gasteiger partial charge on any atom is -0.481 e. The fraction of sp³-hybridized carbons (Fsp3) is 0.556. The molecule has 1 aromatic rings. The van der Waals surface area contributed by atoms with Crippen molar-refractivity contribution in [2.24, 2.45) is 5.92 Å². The Morgan fingerprint density at radius 1 is 1.22 bits per heavy atom. The zero-order chi connectivity index (χ0) is 16.2. The molecule has 2 aliphatic rings. The molecule has 1 saturated heterocycles. The first-order chi connectivity index (χ1) is 11.1. The minimum absolute atomic E-state index is 0.0283. The van der Waals surface area contributed by atoms with Crippen molar-refractivity contribution >= 4 is 12.0 Å². The Bertz CT molecular complexity index is 557. The molecule has 1 aliphatic heterocycles. The van der Waals surface area contributed by atoms with E-state index in [4.69, 9.17) is 5.11 Å². The summed E-state index contributed by atoms with van der Waals surface area (Å²) in [4.78, 5) is 25.3. The van der Waals surface area contributed by atoms with Crippen LogP contribution in [-0.4, -0.2) is 40.6 Å². The van der Waals surface area contributed by atoms with Crippen LogP contribution in [0.25, 0.3) is 0 Å². The second kappa shape index (κ2) is 7.02. The normalized spacial score (nSPS) is 21.4. The second-order valence-electron chi connectivity index (χ2n) is 6.66. The van der Waals surface area contributed by atoms with Gasteiger partial charge in [0.15, 0.2) is 0 Å². The molecule has 23 heavy (non-hydrogen) atoms. The Morgan fingerprint density at radius 2 is 1.96 bits per heavy atom. The lowest BCUT2D eigenvalue weighted by molar-refractivity contribution is -0.137. The van der Waals surface area contributed by atoms with Crippen LogP contribution in [-0.2, 0) is 11.2 Å². The molecule has 2 unspecified atom stereocenters. The Kier molecular flexibility index (Phi) is 4.84. The third kappa shape index (κ3) is 4.24. The highest BCUT2D eigenvalue weighted by Gasteiger charge is 2.43. The number of benzene rings is 1. The highest BCUT2D eigenvalue weighted by molar-refractivity contribution is 5.76. The van der Waals surface area contributed by atoms with Gasteiger partial charge in [-0.05, 0) is 43.6 Å². The van der Waals surface area contributed by atoms with Crippen molar-refractivity contribution in [3.63, 3.8) is 0 Å². The number of amides is 2. The van der Waals surface area contributed by atoms with Gasteiger partial charge in [-0.1, -0.05) is 30.3 Å². The molecule has 124 valence electrons. The summed E-state index contributed by atoms with van der Waals surface area (Å²) >= 11 is 0.